The van der Waals surface area contributed by atoms with Crippen molar-refractivity contribution >= 4 is 5.69 Å². The van der Waals surface area contributed by atoms with Crippen molar-refractivity contribution < 1.29 is 4.74 Å². The van der Waals surface area contributed by atoms with Gasteiger partial charge in [0.2, 0.25) is 0 Å². The molecule has 2 aliphatic heterocycles. The number of anilines is 1. The molecule has 1 saturated heterocycles. The first kappa shape index (κ1) is 14.9. The van der Waals surface area contributed by atoms with Gasteiger partial charge in [-0.25, -0.2) is 0 Å². The fourth-order valence-electron chi connectivity index (χ4n) is 4.07. The Morgan fingerprint density at radius 1 is 1.38 bits per heavy atom. The minimum Gasteiger partial charge on any atom is -0.378 e. The number of hydrogen-bond donors (Lipinski definition) is 1. The summed E-state index contributed by atoms with van der Waals surface area (Å²) in [7, 11) is 0. The standard InChI is InChI=1S/C18H28N2O/c1-2-6-16-13-18(14-19,10-12-21-16)20-11-5-8-15-7-3-4-9-17(15)20/h3-4,7,9,16H,2,5-6,8,10-14,19H2,1H3. The highest BCUT2D eigenvalue weighted by Gasteiger charge is 2.42. The molecule has 2 aliphatic rings. The SMILES string of the molecule is CCCC1CC(CN)(N2CCCc3ccccc32)CCO1. The monoisotopic (exact) mass is 288 g/mol. The predicted octanol–water partition coefficient (Wildman–Crippen LogP) is 3.12. The van der Waals surface area contributed by atoms with Crippen LogP contribution < -0.4 is 10.6 Å². The van der Waals surface area contributed by atoms with E-state index >= 15 is 0 Å². The number of nitrogens with two attached hydrogens (primary N) is 1. The molecule has 0 saturated carbocycles. The summed E-state index contributed by atoms with van der Waals surface area (Å²) in [6.45, 7) is 4.94. The fourth-order valence-corrected chi connectivity index (χ4v) is 4.07. The summed E-state index contributed by atoms with van der Waals surface area (Å²) >= 11 is 0. The Kier molecular flexibility index (Phi) is 4.51. The predicted molar refractivity (Wildman–Crippen MR) is 87.8 cm³/mol. The minimum atomic E-state index is 0.0919. The lowest BCUT2D eigenvalue weighted by molar-refractivity contribution is -0.0230. The van der Waals surface area contributed by atoms with Crippen LogP contribution in [0, 0.1) is 0 Å². The number of aryl methyl sites for hydroxylation is 1. The summed E-state index contributed by atoms with van der Waals surface area (Å²) in [5, 5.41) is 0. The zero-order chi connectivity index (χ0) is 14.7. The first-order chi connectivity index (χ1) is 10.3. The van der Waals surface area contributed by atoms with E-state index in [0.717, 1.165) is 39.0 Å². The van der Waals surface area contributed by atoms with Gasteiger partial charge in [-0.3, -0.25) is 0 Å². The van der Waals surface area contributed by atoms with Crippen LogP contribution in [0.25, 0.3) is 0 Å². The third-order valence-corrected chi connectivity index (χ3v) is 5.20. The summed E-state index contributed by atoms with van der Waals surface area (Å²) < 4.78 is 5.97. The lowest BCUT2D eigenvalue weighted by atomic mass is 9.81. The second kappa shape index (κ2) is 6.37. The third-order valence-electron chi connectivity index (χ3n) is 5.20. The summed E-state index contributed by atoms with van der Waals surface area (Å²) in [4.78, 5) is 2.61. The summed E-state index contributed by atoms with van der Waals surface area (Å²) in [6.07, 6.45) is 7.27. The molecule has 0 aliphatic carbocycles. The molecule has 2 unspecified atom stereocenters. The molecule has 0 bridgehead atoms. The van der Waals surface area contributed by atoms with Gasteiger partial charge < -0.3 is 15.4 Å². The highest BCUT2D eigenvalue weighted by atomic mass is 16.5. The maximum atomic E-state index is 6.29. The van der Waals surface area contributed by atoms with E-state index < -0.39 is 0 Å². The van der Waals surface area contributed by atoms with Crippen LogP contribution in [0.1, 0.15) is 44.6 Å². The average molecular weight is 288 g/mol. The maximum absolute atomic E-state index is 6.29. The van der Waals surface area contributed by atoms with Gasteiger partial charge in [0.15, 0.2) is 0 Å². The molecule has 2 heterocycles. The number of para-hydroxylation sites is 1. The van der Waals surface area contributed by atoms with Gasteiger partial charge in [-0.2, -0.15) is 0 Å². The van der Waals surface area contributed by atoms with Crippen LogP contribution in [0.15, 0.2) is 24.3 Å². The van der Waals surface area contributed by atoms with Crippen LogP contribution in [0.4, 0.5) is 5.69 Å². The molecule has 0 amide bonds. The molecule has 1 aromatic carbocycles. The van der Waals surface area contributed by atoms with Gasteiger partial charge >= 0.3 is 0 Å². The van der Waals surface area contributed by atoms with E-state index in [4.69, 9.17) is 10.5 Å². The first-order valence-electron chi connectivity index (χ1n) is 8.46. The van der Waals surface area contributed by atoms with Gasteiger partial charge in [-0.05, 0) is 43.7 Å². The van der Waals surface area contributed by atoms with Crippen LogP contribution in [-0.2, 0) is 11.2 Å². The molecule has 0 aromatic heterocycles. The van der Waals surface area contributed by atoms with Gasteiger partial charge in [-0.1, -0.05) is 31.5 Å². The van der Waals surface area contributed by atoms with Crippen molar-refractivity contribution in [3.63, 3.8) is 0 Å². The fraction of sp³-hybridized carbons (Fsp3) is 0.667. The van der Waals surface area contributed by atoms with Gasteiger partial charge in [0.05, 0.1) is 11.6 Å². The van der Waals surface area contributed by atoms with Crippen LogP contribution in [0.5, 0.6) is 0 Å². The Labute approximate surface area is 128 Å². The maximum Gasteiger partial charge on any atom is 0.0597 e. The number of rotatable bonds is 4. The number of nitrogens with zero attached hydrogens (tertiary/aromatic N) is 1. The van der Waals surface area contributed by atoms with Gasteiger partial charge in [0.25, 0.3) is 0 Å². The molecule has 116 valence electrons. The van der Waals surface area contributed by atoms with Crippen molar-refractivity contribution in [3.05, 3.63) is 29.8 Å². The lowest BCUT2D eigenvalue weighted by Crippen LogP contribution is -2.60. The van der Waals surface area contributed by atoms with E-state index in [1.807, 2.05) is 0 Å². The molecule has 2 atom stereocenters. The second-order valence-corrected chi connectivity index (χ2v) is 6.55. The molecular weight excluding hydrogens is 260 g/mol. The third kappa shape index (κ3) is 2.82. The van der Waals surface area contributed by atoms with Crippen molar-refractivity contribution in [2.75, 3.05) is 24.6 Å². The molecule has 3 rings (SSSR count). The number of benzene rings is 1. The van der Waals surface area contributed by atoms with Crippen LogP contribution in [-0.4, -0.2) is 31.3 Å². The number of fused-ring (bicyclic) bond motifs is 1. The molecule has 1 aromatic rings. The topological polar surface area (TPSA) is 38.5 Å². The summed E-state index contributed by atoms with van der Waals surface area (Å²) in [5.74, 6) is 0. The van der Waals surface area contributed by atoms with Crippen molar-refractivity contribution in [2.45, 2.75) is 57.1 Å². The zero-order valence-electron chi connectivity index (χ0n) is 13.2. The lowest BCUT2D eigenvalue weighted by Gasteiger charge is -2.51. The molecule has 3 heteroatoms. The summed E-state index contributed by atoms with van der Waals surface area (Å²) in [5.41, 5.74) is 9.27. The highest BCUT2D eigenvalue weighted by Crippen LogP contribution is 2.39. The first-order valence-corrected chi connectivity index (χ1v) is 8.46. The zero-order valence-corrected chi connectivity index (χ0v) is 13.2. The quantitative estimate of drug-likeness (QED) is 0.925. The smallest absolute Gasteiger partial charge is 0.0597 e. The van der Waals surface area contributed by atoms with Gasteiger partial charge in [0, 0.05) is 25.4 Å². The second-order valence-electron chi connectivity index (χ2n) is 6.55. The van der Waals surface area contributed by atoms with Crippen molar-refractivity contribution in [3.8, 4) is 0 Å². The number of ether oxygens (including phenoxy) is 1. The van der Waals surface area contributed by atoms with Crippen LogP contribution in [0.2, 0.25) is 0 Å². The van der Waals surface area contributed by atoms with E-state index in [1.165, 1.54) is 30.5 Å². The Balaban J connectivity index is 1.89. The Hall–Kier alpha value is -1.06. The minimum absolute atomic E-state index is 0.0919. The highest BCUT2D eigenvalue weighted by molar-refractivity contribution is 5.57. The average Bonchev–Trinajstić information content (AvgIpc) is 2.55. The van der Waals surface area contributed by atoms with Crippen molar-refractivity contribution in [1.29, 1.82) is 0 Å². The Morgan fingerprint density at radius 3 is 3.05 bits per heavy atom. The van der Waals surface area contributed by atoms with E-state index in [-0.39, 0.29) is 5.54 Å². The van der Waals surface area contributed by atoms with Crippen LogP contribution >= 0.6 is 0 Å². The van der Waals surface area contributed by atoms with E-state index in [9.17, 15) is 0 Å². The summed E-state index contributed by atoms with van der Waals surface area (Å²) in [6, 6.07) is 8.86. The van der Waals surface area contributed by atoms with Gasteiger partial charge in [0.1, 0.15) is 0 Å². The van der Waals surface area contributed by atoms with Crippen molar-refractivity contribution in [2.24, 2.45) is 5.73 Å². The molecule has 21 heavy (non-hydrogen) atoms. The van der Waals surface area contributed by atoms with Gasteiger partial charge in [-0.15, -0.1) is 0 Å². The molecule has 1 fully saturated rings. The molecular formula is C18H28N2O. The molecule has 3 nitrogen and oxygen atoms in total. The largest absolute Gasteiger partial charge is 0.378 e. The van der Waals surface area contributed by atoms with E-state index in [0.29, 0.717) is 6.10 Å². The Bertz CT molecular complexity index is 474. The Morgan fingerprint density at radius 2 is 2.24 bits per heavy atom. The van der Waals surface area contributed by atoms with E-state index in [2.05, 4.69) is 36.1 Å². The molecule has 0 radical (unpaired) electrons. The number of hydrogen-bond acceptors (Lipinski definition) is 3. The van der Waals surface area contributed by atoms with E-state index in [1.54, 1.807) is 0 Å². The normalized spacial score (nSPS) is 29.2. The molecule has 0 spiro atoms. The van der Waals surface area contributed by atoms with Crippen molar-refractivity contribution in [1.82, 2.24) is 0 Å². The molecule has 2 N–H and O–H groups in total. The van der Waals surface area contributed by atoms with Crippen LogP contribution in [0.3, 0.4) is 0 Å².